The van der Waals surface area contributed by atoms with E-state index in [0.29, 0.717) is 6.54 Å². The predicted octanol–water partition coefficient (Wildman–Crippen LogP) is 4.24. The van der Waals surface area contributed by atoms with Crippen LogP contribution in [0, 0.1) is 6.92 Å². The van der Waals surface area contributed by atoms with Gasteiger partial charge >= 0.3 is 0 Å². The van der Waals surface area contributed by atoms with Crippen LogP contribution in [0.4, 0.5) is 5.69 Å². The lowest BCUT2D eigenvalue weighted by Gasteiger charge is -2.01. The van der Waals surface area contributed by atoms with E-state index in [1.54, 1.807) is 0 Å². The van der Waals surface area contributed by atoms with Gasteiger partial charge in [-0.2, -0.15) is 0 Å². The largest absolute Gasteiger partial charge is 0.326 e. The van der Waals surface area contributed by atoms with Crippen molar-refractivity contribution in [3.05, 3.63) is 59.7 Å². The van der Waals surface area contributed by atoms with Crippen molar-refractivity contribution in [3.8, 4) is 0 Å². The summed E-state index contributed by atoms with van der Waals surface area (Å²) in [5.74, 6) is 0. The van der Waals surface area contributed by atoms with Crippen LogP contribution in [0.1, 0.15) is 11.1 Å². The molecule has 0 bridgehead atoms. The molecule has 0 spiro atoms. The van der Waals surface area contributed by atoms with Crippen LogP contribution in [-0.2, 0) is 6.54 Å². The molecule has 0 atom stereocenters. The van der Waals surface area contributed by atoms with E-state index in [9.17, 15) is 0 Å². The van der Waals surface area contributed by atoms with Crippen molar-refractivity contribution < 1.29 is 0 Å². The lowest BCUT2D eigenvalue weighted by atomic mass is 10.1. The molecule has 0 aliphatic heterocycles. The third kappa shape index (κ3) is 3.42. The Kier molecular flexibility index (Phi) is 4.50. The fraction of sp³-hybridized carbons (Fsp3) is 0.143. The fourth-order valence-corrected chi connectivity index (χ4v) is 1.98. The Hall–Kier alpha value is -1.65. The number of benzene rings is 2. The molecule has 0 radical (unpaired) electrons. The predicted molar refractivity (Wildman–Crippen MR) is 75.9 cm³/mol. The highest BCUT2D eigenvalue weighted by atomic mass is 32.2. The van der Waals surface area contributed by atoms with E-state index in [1.165, 1.54) is 11.9 Å². The zero-order valence-electron chi connectivity index (χ0n) is 10.2. The zero-order valence-corrected chi connectivity index (χ0v) is 11.0. The van der Waals surface area contributed by atoms with Crippen molar-refractivity contribution in [2.24, 2.45) is 15.4 Å². The van der Waals surface area contributed by atoms with Crippen LogP contribution in [0.3, 0.4) is 0 Å². The Morgan fingerprint density at radius 2 is 1.89 bits per heavy atom. The standard InChI is InChI=1S/C14H15N3S/c1-11-7-8-12(10-15)9-14(11)16-17-18-13-5-3-2-4-6-13/h2-9H,10,15H2,1H3. The third-order valence-electron chi connectivity index (χ3n) is 2.55. The van der Waals surface area contributed by atoms with Gasteiger partial charge in [0.2, 0.25) is 0 Å². The number of nitrogens with two attached hydrogens (primary N) is 1. The molecule has 0 aromatic heterocycles. The summed E-state index contributed by atoms with van der Waals surface area (Å²) >= 11 is 1.36. The Labute approximate surface area is 111 Å². The van der Waals surface area contributed by atoms with E-state index >= 15 is 0 Å². The minimum absolute atomic E-state index is 0.522. The minimum Gasteiger partial charge on any atom is -0.326 e. The topological polar surface area (TPSA) is 50.7 Å². The highest BCUT2D eigenvalue weighted by Gasteiger charge is 1.98. The van der Waals surface area contributed by atoms with Gasteiger partial charge in [0.05, 0.1) is 5.69 Å². The van der Waals surface area contributed by atoms with Crippen LogP contribution in [0.15, 0.2) is 63.1 Å². The number of hydrogen-bond donors (Lipinski definition) is 1. The molecule has 18 heavy (non-hydrogen) atoms. The van der Waals surface area contributed by atoms with Gasteiger partial charge in [-0.15, -0.1) is 9.63 Å². The first-order chi connectivity index (χ1) is 8.79. The van der Waals surface area contributed by atoms with E-state index in [-0.39, 0.29) is 0 Å². The summed E-state index contributed by atoms with van der Waals surface area (Å²) in [6, 6.07) is 16.0. The average molecular weight is 257 g/mol. The molecular weight excluding hydrogens is 242 g/mol. The second-order valence-electron chi connectivity index (χ2n) is 3.91. The van der Waals surface area contributed by atoms with Crippen LogP contribution in [0.25, 0.3) is 0 Å². The van der Waals surface area contributed by atoms with Crippen LogP contribution in [0.5, 0.6) is 0 Å². The SMILES string of the molecule is Cc1ccc(CN)cc1N=NSc1ccccc1. The van der Waals surface area contributed by atoms with Crippen molar-refractivity contribution in [2.45, 2.75) is 18.4 Å². The van der Waals surface area contributed by atoms with Gasteiger partial charge in [0.1, 0.15) is 0 Å². The quantitative estimate of drug-likeness (QED) is 0.657. The Morgan fingerprint density at radius 1 is 1.11 bits per heavy atom. The number of aryl methyl sites for hydroxylation is 1. The highest BCUT2D eigenvalue weighted by Crippen LogP contribution is 2.25. The molecule has 2 rings (SSSR count). The molecule has 4 heteroatoms. The maximum atomic E-state index is 5.61. The third-order valence-corrected chi connectivity index (χ3v) is 3.19. The minimum atomic E-state index is 0.522. The first-order valence-corrected chi connectivity index (χ1v) is 6.49. The molecule has 0 heterocycles. The van der Waals surface area contributed by atoms with Gasteiger partial charge in [-0.05, 0) is 36.2 Å². The van der Waals surface area contributed by atoms with Gasteiger partial charge in [0.15, 0.2) is 0 Å². The molecule has 3 nitrogen and oxygen atoms in total. The second-order valence-corrected chi connectivity index (χ2v) is 4.73. The maximum absolute atomic E-state index is 5.61. The second kappa shape index (κ2) is 6.33. The molecule has 2 aromatic carbocycles. The molecule has 0 amide bonds. The smallest absolute Gasteiger partial charge is 0.0895 e. The van der Waals surface area contributed by atoms with Crippen LogP contribution >= 0.6 is 11.9 Å². The molecule has 0 aliphatic rings. The summed E-state index contributed by atoms with van der Waals surface area (Å²) in [5, 5.41) is 4.24. The normalized spacial score (nSPS) is 11.0. The van der Waals surface area contributed by atoms with Gasteiger partial charge in [0, 0.05) is 23.4 Å². The molecule has 92 valence electrons. The molecule has 0 saturated heterocycles. The average Bonchev–Trinajstić information content (AvgIpc) is 2.42. The highest BCUT2D eigenvalue weighted by molar-refractivity contribution is 7.97. The van der Waals surface area contributed by atoms with Crippen molar-refractivity contribution in [2.75, 3.05) is 0 Å². The van der Waals surface area contributed by atoms with Crippen LogP contribution < -0.4 is 5.73 Å². The summed E-state index contributed by atoms with van der Waals surface area (Å²) in [6.45, 7) is 2.54. The molecule has 0 unspecified atom stereocenters. The molecule has 2 aromatic rings. The maximum Gasteiger partial charge on any atom is 0.0895 e. The molecule has 0 fully saturated rings. The zero-order chi connectivity index (χ0) is 12.8. The summed E-state index contributed by atoms with van der Waals surface area (Å²) in [4.78, 5) is 1.08. The monoisotopic (exact) mass is 257 g/mol. The summed E-state index contributed by atoms with van der Waals surface area (Å²) in [5.41, 5.74) is 8.66. The van der Waals surface area contributed by atoms with E-state index < -0.39 is 0 Å². The summed E-state index contributed by atoms with van der Waals surface area (Å²) in [6.07, 6.45) is 0. The molecule has 2 N–H and O–H groups in total. The lowest BCUT2D eigenvalue weighted by molar-refractivity contribution is 1.06. The van der Waals surface area contributed by atoms with Gasteiger partial charge in [0.25, 0.3) is 0 Å². The van der Waals surface area contributed by atoms with Crippen LogP contribution in [0.2, 0.25) is 0 Å². The lowest BCUT2D eigenvalue weighted by Crippen LogP contribution is -1.95. The number of nitrogens with zero attached hydrogens (tertiary/aromatic N) is 2. The van der Waals surface area contributed by atoms with Crippen molar-refractivity contribution in [3.63, 3.8) is 0 Å². The number of hydrogen-bond acceptors (Lipinski definition) is 4. The fourth-order valence-electron chi connectivity index (χ4n) is 1.48. The van der Waals surface area contributed by atoms with E-state index in [2.05, 4.69) is 9.63 Å². The molecular formula is C14H15N3S. The first-order valence-electron chi connectivity index (χ1n) is 5.72. The van der Waals surface area contributed by atoms with Crippen molar-refractivity contribution in [1.82, 2.24) is 0 Å². The van der Waals surface area contributed by atoms with Crippen molar-refractivity contribution >= 4 is 17.6 Å². The van der Waals surface area contributed by atoms with Gasteiger partial charge < -0.3 is 5.73 Å². The van der Waals surface area contributed by atoms with E-state index in [4.69, 9.17) is 5.73 Å². The first kappa shape index (κ1) is 12.8. The number of rotatable bonds is 4. The Bertz CT molecular complexity index is 538. The molecule has 0 aliphatic carbocycles. The Balaban J connectivity index is 2.09. The van der Waals surface area contributed by atoms with Crippen molar-refractivity contribution in [1.29, 1.82) is 0 Å². The molecule has 0 saturated carbocycles. The summed E-state index contributed by atoms with van der Waals surface area (Å²) in [7, 11) is 0. The van der Waals surface area contributed by atoms with Crippen LogP contribution in [-0.4, -0.2) is 0 Å². The van der Waals surface area contributed by atoms with Gasteiger partial charge in [-0.3, -0.25) is 0 Å². The Morgan fingerprint density at radius 3 is 2.61 bits per heavy atom. The van der Waals surface area contributed by atoms with Gasteiger partial charge in [-0.1, -0.05) is 30.3 Å². The summed E-state index contributed by atoms with van der Waals surface area (Å²) < 4.78 is 4.15. The van der Waals surface area contributed by atoms with E-state index in [0.717, 1.165) is 21.7 Å². The van der Waals surface area contributed by atoms with Gasteiger partial charge in [-0.25, -0.2) is 0 Å². The van der Waals surface area contributed by atoms with E-state index in [1.807, 2.05) is 55.5 Å².